The van der Waals surface area contributed by atoms with E-state index in [1.807, 2.05) is 0 Å². The fourth-order valence-electron chi connectivity index (χ4n) is 9.79. The van der Waals surface area contributed by atoms with Crippen LogP contribution in [-0.4, -0.2) is 0 Å². The predicted molar refractivity (Wildman–Crippen MR) is 236 cm³/mol. The monoisotopic (exact) mass is 690 g/mol. The molecular formula is C54H42. The summed E-state index contributed by atoms with van der Waals surface area (Å²) in [4.78, 5) is 0. The Kier molecular flexibility index (Phi) is 7.81. The zero-order valence-electron chi connectivity index (χ0n) is 31.2. The van der Waals surface area contributed by atoms with Crippen molar-refractivity contribution in [1.29, 1.82) is 0 Å². The molecule has 10 rings (SSSR count). The SMILES string of the molecule is CCc1c2ccccc2c(-c2cc(-c3c4ccccc4c(CC)c4ccccc34)cc(-c3c4ccccc4c(CC)c4ccccc34)c2)c2ccccc12. The van der Waals surface area contributed by atoms with Crippen molar-refractivity contribution < 1.29 is 0 Å². The molecule has 0 saturated carbocycles. The van der Waals surface area contributed by atoms with Crippen LogP contribution in [0.15, 0.2) is 164 Å². The molecule has 10 aromatic rings. The van der Waals surface area contributed by atoms with Crippen LogP contribution >= 0.6 is 0 Å². The molecule has 0 aromatic heterocycles. The first-order valence-corrected chi connectivity index (χ1v) is 19.6. The summed E-state index contributed by atoms with van der Waals surface area (Å²) in [7, 11) is 0. The molecule has 0 aliphatic carbocycles. The minimum Gasteiger partial charge on any atom is -0.0616 e. The highest BCUT2D eigenvalue weighted by Crippen LogP contribution is 2.47. The quantitative estimate of drug-likeness (QED) is 0.152. The van der Waals surface area contributed by atoms with E-state index >= 15 is 0 Å². The molecule has 0 aliphatic heterocycles. The second kappa shape index (κ2) is 13.0. The summed E-state index contributed by atoms with van der Waals surface area (Å²) in [5.41, 5.74) is 11.9. The Balaban J connectivity index is 1.42. The lowest BCUT2D eigenvalue weighted by Crippen LogP contribution is -1.96. The van der Waals surface area contributed by atoms with Gasteiger partial charge in [-0.3, -0.25) is 0 Å². The molecule has 0 fully saturated rings. The highest BCUT2D eigenvalue weighted by molar-refractivity contribution is 6.20. The van der Waals surface area contributed by atoms with Crippen LogP contribution in [0.5, 0.6) is 0 Å². The summed E-state index contributed by atoms with van der Waals surface area (Å²) in [5, 5.41) is 15.9. The molecule has 0 N–H and O–H groups in total. The van der Waals surface area contributed by atoms with Crippen LogP contribution in [-0.2, 0) is 19.3 Å². The Hall–Kier alpha value is -6.24. The summed E-state index contributed by atoms with van der Waals surface area (Å²) in [5.74, 6) is 0. The highest BCUT2D eigenvalue weighted by Gasteiger charge is 2.21. The van der Waals surface area contributed by atoms with Crippen LogP contribution in [0.4, 0.5) is 0 Å². The number of hydrogen-bond donors (Lipinski definition) is 0. The average molecular weight is 691 g/mol. The molecule has 54 heavy (non-hydrogen) atoms. The summed E-state index contributed by atoms with van der Waals surface area (Å²) >= 11 is 0. The normalized spacial score (nSPS) is 11.8. The van der Waals surface area contributed by atoms with Crippen LogP contribution in [0.3, 0.4) is 0 Å². The summed E-state index contributed by atoms with van der Waals surface area (Å²) in [6.45, 7) is 6.87. The summed E-state index contributed by atoms with van der Waals surface area (Å²) in [6.07, 6.45) is 2.95. The first-order valence-electron chi connectivity index (χ1n) is 19.6. The standard InChI is InChI=1S/C54H42/c1-4-37-40-19-7-13-25-46(40)52(47-26-14-8-20-41(37)47)34-31-35(53-48-27-15-9-21-42(48)38(5-2)43-22-10-16-28-49(43)53)33-36(32-34)54-50-29-17-11-23-44(50)39(6-3)45-24-12-18-30-51(45)54/h7-33H,4-6H2,1-3H3. The van der Waals surface area contributed by atoms with E-state index in [1.165, 1.54) is 115 Å². The van der Waals surface area contributed by atoms with E-state index in [-0.39, 0.29) is 0 Å². The molecule has 0 atom stereocenters. The van der Waals surface area contributed by atoms with Gasteiger partial charge in [-0.15, -0.1) is 0 Å². The first kappa shape index (κ1) is 32.4. The Labute approximate surface area is 317 Å². The van der Waals surface area contributed by atoms with Gasteiger partial charge in [0.25, 0.3) is 0 Å². The van der Waals surface area contributed by atoms with Crippen LogP contribution in [0.1, 0.15) is 37.5 Å². The number of hydrogen-bond acceptors (Lipinski definition) is 0. The molecule has 0 unspecified atom stereocenters. The largest absolute Gasteiger partial charge is 0.0616 e. The van der Waals surface area contributed by atoms with Crippen molar-refractivity contribution in [2.45, 2.75) is 40.0 Å². The second-order valence-electron chi connectivity index (χ2n) is 14.7. The molecule has 0 heterocycles. The van der Waals surface area contributed by atoms with Gasteiger partial charge in [-0.2, -0.15) is 0 Å². The molecule has 0 amide bonds. The molecule has 0 bridgehead atoms. The maximum atomic E-state index is 2.49. The Morgan fingerprint density at radius 2 is 0.407 bits per heavy atom. The molecule has 10 aromatic carbocycles. The maximum Gasteiger partial charge on any atom is -0.00262 e. The smallest absolute Gasteiger partial charge is 0.00262 e. The Morgan fingerprint density at radius 3 is 0.574 bits per heavy atom. The highest BCUT2D eigenvalue weighted by atomic mass is 14.2. The number of benzene rings is 10. The second-order valence-corrected chi connectivity index (χ2v) is 14.7. The third-order valence-electron chi connectivity index (χ3n) is 12.0. The third kappa shape index (κ3) is 4.83. The van der Waals surface area contributed by atoms with E-state index in [2.05, 4.69) is 185 Å². The van der Waals surface area contributed by atoms with Crippen molar-refractivity contribution in [2.24, 2.45) is 0 Å². The Morgan fingerprint density at radius 1 is 0.241 bits per heavy atom. The predicted octanol–water partition coefficient (Wildman–Crippen LogP) is 15.3. The molecular weight excluding hydrogens is 649 g/mol. The van der Waals surface area contributed by atoms with Crippen LogP contribution in [0.25, 0.3) is 98.0 Å². The third-order valence-corrected chi connectivity index (χ3v) is 12.0. The van der Waals surface area contributed by atoms with Gasteiger partial charge in [-0.05, 0) is 152 Å². The van der Waals surface area contributed by atoms with Crippen molar-refractivity contribution in [3.8, 4) is 33.4 Å². The van der Waals surface area contributed by atoms with E-state index < -0.39 is 0 Å². The van der Waals surface area contributed by atoms with Gasteiger partial charge in [0.05, 0.1) is 0 Å². The van der Waals surface area contributed by atoms with Gasteiger partial charge in [0.2, 0.25) is 0 Å². The van der Waals surface area contributed by atoms with Crippen LogP contribution in [0.2, 0.25) is 0 Å². The van der Waals surface area contributed by atoms with Gasteiger partial charge in [0, 0.05) is 0 Å². The van der Waals surface area contributed by atoms with Crippen molar-refractivity contribution >= 4 is 64.6 Å². The van der Waals surface area contributed by atoms with E-state index in [0.717, 1.165) is 19.3 Å². The van der Waals surface area contributed by atoms with Gasteiger partial charge in [0.15, 0.2) is 0 Å². The van der Waals surface area contributed by atoms with Gasteiger partial charge >= 0.3 is 0 Å². The lowest BCUT2D eigenvalue weighted by molar-refractivity contribution is 1.18. The molecule has 0 spiro atoms. The van der Waals surface area contributed by atoms with E-state index in [9.17, 15) is 0 Å². The zero-order valence-corrected chi connectivity index (χ0v) is 31.2. The molecule has 0 heteroatoms. The van der Waals surface area contributed by atoms with E-state index in [1.54, 1.807) is 0 Å². The molecule has 0 aliphatic rings. The molecule has 258 valence electrons. The zero-order chi connectivity index (χ0) is 36.3. The summed E-state index contributed by atoms with van der Waals surface area (Å²) < 4.78 is 0. The number of fused-ring (bicyclic) bond motifs is 6. The van der Waals surface area contributed by atoms with Crippen molar-refractivity contribution in [3.63, 3.8) is 0 Å². The van der Waals surface area contributed by atoms with Gasteiger partial charge in [0.1, 0.15) is 0 Å². The van der Waals surface area contributed by atoms with Crippen molar-refractivity contribution in [3.05, 3.63) is 180 Å². The van der Waals surface area contributed by atoms with Crippen LogP contribution in [0, 0.1) is 0 Å². The van der Waals surface area contributed by atoms with E-state index in [4.69, 9.17) is 0 Å². The van der Waals surface area contributed by atoms with E-state index in [0.29, 0.717) is 0 Å². The van der Waals surface area contributed by atoms with Gasteiger partial charge in [-0.1, -0.05) is 166 Å². The lowest BCUT2D eigenvalue weighted by Gasteiger charge is -2.22. The lowest BCUT2D eigenvalue weighted by atomic mass is 9.82. The minimum atomic E-state index is 0.982. The number of aryl methyl sites for hydroxylation is 3. The first-order chi connectivity index (χ1) is 26.7. The fourth-order valence-corrected chi connectivity index (χ4v) is 9.79. The molecule has 0 radical (unpaired) electrons. The Bertz CT molecular complexity index is 2590. The minimum absolute atomic E-state index is 0.982. The van der Waals surface area contributed by atoms with Gasteiger partial charge in [-0.25, -0.2) is 0 Å². The molecule has 0 saturated heterocycles. The van der Waals surface area contributed by atoms with Crippen LogP contribution < -0.4 is 0 Å². The number of rotatable bonds is 6. The topological polar surface area (TPSA) is 0 Å². The fraction of sp³-hybridized carbons (Fsp3) is 0.111. The molecule has 0 nitrogen and oxygen atoms in total. The van der Waals surface area contributed by atoms with Crippen molar-refractivity contribution in [1.82, 2.24) is 0 Å². The maximum absolute atomic E-state index is 2.49. The average Bonchev–Trinajstić information content (AvgIpc) is 3.23. The van der Waals surface area contributed by atoms with Gasteiger partial charge < -0.3 is 0 Å². The van der Waals surface area contributed by atoms with Crippen molar-refractivity contribution in [2.75, 3.05) is 0 Å². The summed E-state index contributed by atoms with van der Waals surface area (Å²) in [6, 6.07) is 61.9.